The molecule has 0 spiro atoms. The van der Waals surface area contributed by atoms with Gasteiger partial charge in [0.25, 0.3) is 0 Å². The molecule has 174 valence electrons. The first-order valence-electron chi connectivity index (χ1n) is 11.5. The van der Waals surface area contributed by atoms with Crippen LogP contribution >= 0.6 is 0 Å². The summed E-state index contributed by atoms with van der Waals surface area (Å²) in [6.45, 7) is 16.2. The number of ether oxygens (including phenoxy) is 1. The number of benzene rings is 1. The summed E-state index contributed by atoms with van der Waals surface area (Å²) in [5.41, 5.74) is 6.34. The molecule has 1 heterocycles. The van der Waals surface area contributed by atoms with Crippen LogP contribution in [-0.4, -0.2) is 23.0 Å². The van der Waals surface area contributed by atoms with Crippen LogP contribution in [0.1, 0.15) is 82.0 Å². The number of alkyl carbamates (subject to hydrolysis) is 1. The lowest BCUT2D eigenvalue weighted by Gasteiger charge is -2.25. The van der Waals surface area contributed by atoms with E-state index < -0.39 is 11.7 Å². The Balaban J connectivity index is 2.71. The van der Waals surface area contributed by atoms with Crippen LogP contribution in [0.5, 0.6) is 0 Å². The van der Waals surface area contributed by atoms with Crippen LogP contribution in [0.25, 0.3) is 11.1 Å². The fraction of sp³-hybridized carbons (Fsp3) is 0.519. The Hall–Kier alpha value is -2.69. The van der Waals surface area contributed by atoms with E-state index in [1.807, 2.05) is 34.6 Å². The molecule has 1 atom stereocenters. The molecule has 0 fully saturated rings. The number of carbonyl (C=O) groups excluding carboxylic acids is 2. The second-order valence-corrected chi connectivity index (χ2v) is 9.88. The summed E-state index contributed by atoms with van der Waals surface area (Å²) in [6, 6.07) is 8.32. The van der Waals surface area contributed by atoms with Gasteiger partial charge in [0.1, 0.15) is 11.9 Å². The van der Waals surface area contributed by atoms with Crippen molar-refractivity contribution in [3.8, 4) is 11.1 Å². The largest absolute Gasteiger partial charge is 0.444 e. The first-order chi connectivity index (χ1) is 15.0. The molecule has 0 saturated carbocycles. The predicted molar refractivity (Wildman–Crippen MR) is 130 cm³/mol. The minimum atomic E-state index is -0.577. The second-order valence-electron chi connectivity index (χ2n) is 9.88. The first kappa shape index (κ1) is 25.6. The van der Waals surface area contributed by atoms with E-state index in [1.165, 1.54) is 5.56 Å². The number of nitrogens with one attached hydrogen (secondary N) is 1. The number of amides is 1. The third-order valence-electron chi connectivity index (χ3n) is 5.34. The first-order valence-corrected chi connectivity index (χ1v) is 11.5. The van der Waals surface area contributed by atoms with Crippen LogP contribution in [0.4, 0.5) is 4.79 Å². The number of aldehydes is 1. The lowest BCUT2D eigenvalue weighted by molar-refractivity contribution is -0.109. The Morgan fingerprint density at radius 1 is 1.16 bits per heavy atom. The number of hydrogen-bond acceptors (Lipinski definition) is 4. The Bertz CT molecular complexity index is 941. The number of aryl methyl sites for hydroxylation is 2. The summed E-state index contributed by atoms with van der Waals surface area (Å²) in [5.74, 6) is 0.138. The Labute approximate surface area is 193 Å². The fourth-order valence-corrected chi connectivity index (χ4v) is 3.91. The molecule has 0 saturated heterocycles. The van der Waals surface area contributed by atoms with Gasteiger partial charge in [-0.05, 0) is 70.1 Å². The smallest absolute Gasteiger partial charge is 0.407 e. The van der Waals surface area contributed by atoms with E-state index in [9.17, 15) is 9.59 Å². The van der Waals surface area contributed by atoms with Gasteiger partial charge in [-0.2, -0.15) is 0 Å². The summed E-state index contributed by atoms with van der Waals surface area (Å²) in [4.78, 5) is 29.4. The zero-order valence-corrected chi connectivity index (χ0v) is 20.8. The van der Waals surface area contributed by atoms with Crippen molar-refractivity contribution in [2.75, 3.05) is 0 Å². The van der Waals surface area contributed by atoms with Crippen LogP contribution in [0, 0.1) is 19.8 Å². The molecule has 1 aromatic carbocycles. The average molecular weight is 439 g/mol. The average Bonchev–Trinajstić information content (AvgIpc) is 2.68. The summed E-state index contributed by atoms with van der Waals surface area (Å²) in [6.07, 6.45) is 2.01. The molecule has 1 aromatic heterocycles. The third kappa shape index (κ3) is 6.65. The number of rotatable bonds is 8. The van der Waals surface area contributed by atoms with Crippen molar-refractivity contribution in [2.24, 2.45) is 5.92 Å². The molecule has 5 heteroatoms. The van der Waals surface area contributed by atoms with Crippen LogP contribution in [0.2, 0.25) is 0 Å². The molecular formula is C27H38N2O3. The minimum Gasteiger partial charge on any atom is -0.444 e. The van der Waals surface area contributed by atoms with E-state index >= 15 is 0 Å². The summed E-state index contributed by atoms with van der Waals surface area (Å²) >= 11 is 0. The molecule has 0 aliphatic carbocycles. The lowest BCUT2D eigenvalue weighted by Crippen LogP contribution is -2.32. The van der Waals surface area contributed by atoms with Gasteiger partial charge in [-0.15, -0.1) is 0 Å². The van der Waals surface area contributed by atoms with Gasteiger partial charge >= 0.3 is 6.09 Å². The highest BCUT2D eigenvalue weighted by atomic mass is 16.6. The molecule has 0 aliphatic rings. The number of nitrogens with zero attached hydrogens (tertiary/aromatic N) is 1. The normalized spacial score (nSPS) is 12.5. The molecule has 1 N–H and O–H groups in total. The topological polar surface area (TPSA) is 68.3 Å². The predicted octanol–water partition coefficient (Wildman–Crippen LogP) is 6.28. The fourth-order valence-electron chi connectivity index (χ4n) is 3.91. The van der Waals surface area contributed by atoms with Crippen molar-refractivity contribution < 1.29 is 14.3 Å². The second kappa shape index (κ2) is 10.8. The molecule has 1 amide bonds. The zero-order chi connectivity index (χ0) is 24.1. The van der Waals surface area contributed by atoms with E-state index in [0.29, 0.717) is 12.3 Å². The van der Waals surface area contributed by atoms with Crippen LogP contribution < -0.4 is 5.32 Å². The van der Waals surface area contributed by atoms with Crippen molar-refractivity contribution in [1.29, 1.82) is 0 Å². The molecule has 2 rings (SSSR count). The molecule has 32 heavy (non-hydrogen) atoms. The van der Waals surface area contributed by atoms with Gasteiger partial charge < -0.3 is 14.8 Å². The maximum absolute atomic E-state index is 12.4. The maximum Gasteiger partial charge on any atom is 0.407 e. The zero-order valence-electron chi connectivity index (χ0n) is 20.8. The molecule has 0 bridgehead atoms. The monoisotopic (exact) mass is 438 g/mol. The molecule has 5 nitrogen and oxygen atoms in total. The van der Waals surface area contributed by atoms with Gasteiger partial charge in [0.15, 0.2) is 0 Å². The molecule has 2 aromatic rings. The Morgan fingerprint density at radius 2 is 1.78 bits per heavy atom. The summed E-state index contributed by atoms with van der Waals surface area (Å²) < 4.78 is 5.46. The van der Waals surface area contributed by atoms with E-state index in [2.05, 4.69) is 50.4 Å². The van der Waals surface area contributed by atoms with Crippen LogP contribution in [0.3, 0.4) is 0 Å². The highest BCUT2D eigenvalue weighted by molar-refractivity contribution is 5.79. The van der Waals surface area contributed by atoms with Crippen molar-refractivity contribution >= 4 is 12.4 Å². The van der Waals surface area contributed by atoms with Crippen LogP contribution in [-0.2, 0) is 22.5 Å². The van der Waals surface area contributed by atoms with Gasteiger partial charge in [-0.25, -0.2) is 4.79 Å². The number of carbonyl (C=O) groups is 2. The lowest BCUT2D eigenvalue weighted by atomic mass is 9.84. The quantitative estimate of drug-likeness (QED) is 0.492. The van der Waals surface area contributed by atoms with E-state index in [0.717, 1.165) is 46.3 Å². The highest BCUT2D eigenvalue weighted by Gasteiger charge is 2.25. The molecule has 0 aliphatic heterocycles. The standard InChI is InChI=1S/C27H38N2O3/c1-9-20(16-30)24-19(5)29-23(14-17(2)3)22(15-28-26(31)32-27(6,7)8)25(24)21-12-10-18(4)11-13-21/h10-13,16-17,20H,9,14-15H2,1-8H3,(H,28,31). The van der Waals surface area contributed by atoms with Gasteiger partial charge in [0, 0.05) is 29.4 Å². The molecule has 0 radical (unpaired) electrons. The van der Waals surface area contributed by atoms with Gasteiger partial charge in [-0.3, -0.25) is 4.98 Å². The van der Waals surface area contributed by atoms with Crippen molar-refractivity contribution in [3.63, 3.8) is 0 Å². The van der Waals surface area contributed by atoms with Crippen molar-refractivity contribution in [1.82, 2.24) is 10.3 Å². The minimum absolute atomic E-state index is 0.257. The Kier molecular flexibility index (Phi) is 8.59. The van der Waals surface area contributed by atoms with Crippen molar-refractivity contribution in [2.45, 2.75) is 86.3 Å². The van der Waals surface area contributed by atoms with E-state index in [4.69, 9.17) is 9.72 Å². The Morgan fingerprint density at radius 3 is 2.28 bits per heavy atom. The highest BCUT2D eigenvalue weighted by Crippen LogP contribution is 2.37. The number of hydrogen-bond donors (Lipinski definition) is 1. The van der Waals surface area contributed by atoms with Crippen LogP contribution in [0.15, 0.2) is 24.3 Å². The third-order valence-corrected chi connectivity index (χ3v) is 5.34. The maximum atomic E-state index is 12.4. The van der Waals surface area contributed by atoms with Gasteiger partial charge in [-0.1, -0.05) is 50.6 Å². The van der Waals surface area contributed by atoms with E-state index in [-0.39, 0.29) is 12.5 Å². The van der Waals surface area contributed by atoms with Gasteiger partial charge in [0.05, 0.1) is 0 Å². The van der Waals surface area contributed by atoms with E-state index in [1.54, 1.807) is 0 Å². The number of aromatic nitrogens is 1. The summed E-state index contributed by atoms with van der Waals surface area (Å²) in [5, 5.41) is 2.92. The summed E-state index contributed by atoms with van der Waals surface area (Å²) in [7, 11) is 0. The molecular weight excluding hydrogens is 400 g/mol. The van der Waals surface area contributed by atoms with Crippen molar-refractivity contribution in [3.05, 3.63) is 52.3 Å². The molecule has 1 unspecified atom stereocenters. The van der Waals surface area contributed by atoms with Gasteiger partial charge in [0.2, 0.25) is 0 Å². The number of pyridine rings is 1. The SMILES string of the molecule is CCC(C=O)c1c(C)nc(CC(C)C)c(CNC(=O)OC(C)(C)C)c1-c1ccc(C)cc1.